The smallest absolute Gasteiger partial charge is 0.256 e. The molecule has 2 aliphatic rings. The van der Waals surface area contributed by atoms with Gasteiger partial charge in [-0.3, -0.25) is 0 Å². The summed E-state index contributed by atoms with van der Waals surface area (Å²) in [6.07, 6.45) is 0. The maximum atomic E-state index is 7.59. The lowest BCUT2D eigenvalue weighted by Crippen LogP contribution is -2.59. The number of fused-ring (bicyclic) bond motifs is 13. The molecule has 0 radical (unpaired) electrons. The lowest BCUT2D eigenvalue weighted by molar-refractivity contribution is 0.487. The fourth-order valence-corrected chi connectivity index (χ4v) is 15.3. The molecule has 0 N–H and O–H groups in total. The Hall–Kier alpha value is -11.9. The largest absolute Gasteiger partial charge is 0.458 e. The predicted octanol–water partition coefficient (Wildman–Crippen LogP) is 20.1. The van der Waals surface area contributed by atoms with Gasteiger partial charge >= 0.3 is 0 Å². The van der Waals surface area contributed by atoms with Gasteiger partial charge in [-0.25, -0.2) is 0 Å². The summed E-state index contributed by atoms with van der Waals surface area (Å²) in [5, 5.41) is 7.17. The summed E-state index contributed by atoms with van der Waals surface area (Å²) in [7, 11) is 0. The quantitative estimate of drug-likeness (QED) is 0.142. The molecule has 0 amide bonds. The Morgan fingerprint density at radius 2 is 0.667 bits per heavy atom. The fraction of sp³-hybridized carbons (Fsp3) is 0. The summed E-state index contributed by atoms with van der Waals surface area (Å²) in [6, 6.07) is 119. The standard InChI is InChI=1S/C84H53BN4O/c1-5-24-54(25-6-1)56-46-48-77-71(50-56)85-72-51-57(55-26-7-2-8-27-55)47-49-79(72)90-80-53-60(86-73-42-17-13-32-61(73)62-33-14-18-43-74(62)86)52-78(81(80)85)89(77)84-69(67-38-21-36-65-63-34-15-19-44-75(63)87(82(65)67)58-28-9-3-10-29-58)40-23-41-70(84)68-39-22-37-66-64-35-16-20-45-76(64)88(83(66)68)59-30-11-4-12-31-59/h1-53H. The van der Waals surface area contributed by atoms with Gasteiger partial charge in [0, 0.05) is 83.4 Å². The molecule has 0 bridgehead atoms. The number of hydrogen-bond donors (Lipinski definition) is 0. The van der Waals surface area contributed by atoms with E-state index < -0.39 is 0 Å². The Bertz CT molecular complexity index is 5540. The van der Waals surface area contributed by atoms with Gasteiger partial charge in [-0.15, -0.1) is 0 Å². The Labute approximate surface area is 520 Å². The number of benzene rings is 14. The van der Waals surface area contributed by atoms with Crippen LogP contribution in [0.5, 0.6) is 11.5 Å². The first-order valence-electron chi connectivity index (χ1n) is 31.0. The van der Waals surface area contributed by atoms with Crippen molar-refractivity contribution in [2.75, 3.05) is 4.90 Å². The first kappa shape index (κ1) is 50.3. The maximum Gasteiger partial charge on any atom is 0.256 e. The Balaban J connectivity index is 0.995. The van der Waals surface area contributed by atoms with Crippen molar-refractivity contribution >= 4 is 106 Å². The number of ether oxygens (including phenoxy) is 1. The minimum Gasteiger partial charge on any atom is -0.458 e. The molecule has 14 aromatic carbocycles. The van der Waals surface area contributed by atoms with Crippen molar-refractivity contribution in [3.63, 3.8) is 0 Å². The number of para-hydroxylation sites is 9. The topological polar surface area (TPSA) is 27.3 Å². The number of hydrogen-bond acceptors (Lipinski definition) is 2. The van der Waals surface area contributed by atoms with Crippen molar-refractivity contribution in [2.24, 2.45) is 0 Å². The molecule has 5 nitrogen and oxygen atoms in total. The van der Waals surface area contributed by atoms with E-state index in [4.69, 9.17) is 4.74 Å². The second-order valence-electron chi connectivity index (χ2n) is 23.9. The summed E-state index contributed by atoms with van der Waals surface area (Å²) in [4.78, 5) is 2.64. The van der Waals surface area contributed by atoms with Crippen molar-refractivity contribution < 1.29 is 4.74 Å². The molecule has 0 spiro atoms. The van der Waals surface area contributed by atoms with E-state index in [0.717, 1.165) is 134 Å². The minimum absolute atomic E-state index is 0.228. The number of nitrogens with zero attached hydrogens (tertiary/aromatic N) is 4. The summed E-state index contributed by atoms with van der Waals surface area (Å²) in [5.41, 5.74) is 25.7. The maximum absolute atomic E-state index is 7.59. The SMILES string of the molecule is c1ccc(-c2ccc3c(c2)B2c4cc(-c5ccccc5)ccc4N(c4c(-c5cccc6c7ccccc7n(-c7ccccc7)c56)cccc4-c4cccc5c6ccccc6n(-c6ccccc6)c45)c4cc(-n5c6ccccc6c6ccccc65)cc(c42)O3)cc1. The van der Waals surface area contributed by atoms with Crippen molar-refractivity contribution in [1.29, 1.82) is 0 Å². The lowest BCUT2D eigenvalue weighted by Gasteiger charge is -2.42. The molecule has 90 heavy (non-hydrogen) atoms. The highest BCUT2D eigenvalue weighted by atomic mass is 16.5. The van der Waals surface area contributed by atoms with E-state index in [9.17, 15) is 0 Å². The van der Waals surface area contributed by atoms with E-state index in [1.165, 1.54) is 37.8 Å². The molecule has 17 aromatic rings. The van der Waals surface area contributed by atoms with Gasteiger partial charge in [0.25, 0.3) is 6.71 Å². The highest BCUT2D eigenvalue weighted by Gasteiger charge is 2.44. The summed E-state index contributed by atoms with van der Waals surface area (Å²) >= 11 is 0. The Morgan fingerprint density at radius 1 is 0.256 bits per heavy atom. The van der Waals surface area contributed by atoms with Crippen LogP contribution in [0.25, 0.3) is 127 Å². The molecule has 0 unspecified atom stereocenters. The van der Waals surface area contributed by atoms with Gasteiger partial charge in [-0.05, 0) is 105 Å². The van der Waals surface area contributed by atoms with Crippen molar-refractivity contribution in [2.45, 2.75) is 0 Å². The normalized spacial score (nSPS) is 12.5. The highest BCUT2D eigenvalue weighted by molar-refractivity contribution is 6.99. The van der Waals surface area contributed by atoms with E-state index in [1.807, 2.05) is 0 Å². The van der Waals surface area contributed by atoms with Crippen LogP contribution < -0.4 is 26.0 Å². The third-order valence-corrected chi connectivity index (χ3v) is 19.1. The third kappa shape index (κ3) is 7.46. The number of anilines is 3. The zero-order valence-corrected chi connectivity index (χ0v) is 48.9. The summed E-state index contributed by atoms with van der Waals surface area (Å²) < 4.78 is 15.0. The van der Waals surface area contributed by atoms with Crippen LogP contribution in [0.3, 0.4) is 0 Å². The van der Waals surface area contributed by atoms with Crippen LogP contribution in [0.15, 0.2) is 322 Å². The summed E-state index contributed by atoms with van der Waals surface area (Å²) in [5.74, 6) is 1.68. The van der Waals surface area contributed by atoms with Gasteiger partial charge in [-0.1, -0.05) is 249 Å². The third-order valence-electron chi connectivity index (χ3n) is 19.1. The Morgan fingerprint density at radius 3 is 1.19 bits per heavy atom. The van der Waals surface area contributed by atoms with Gasteiger partial charge in [0.05, 0.1) is 44.5 Å². The van der Waals surface area contributed by atoms with Crippen molar-refractivity contribution in [1.82, 2.24) is 13.7 Å². The number of rotatable bonds is 8. The van der Waals surface area contributed by atoms with Gasteiger partial charge in [0.2, 0.25) is 0 Å². The minimum atomic E-state index is -0.228. The molecular formula is C84H53BN4O. The average molecular weight is 1150 g/mol. The van der Waals surface area contributed by atoms with Crippen LogP contribution in [-0.2, 0) is 0 Å². The zero-order valence-electron chi connectivity index (χ0n) is 48.9. The molecule has 0 atom stereocenters. The van der Waals surface area contributed by atoms with Crippen LogP contribution in [-0.4, -0.2) is 20.4 Å². The van der Waals surface area contributed by atoms with E-state index in [0.29, 0.717) is 0 Å². The van der Waals surface area contributed by atoms with Gasteiger partial charge in [0.1, 0.15) is 11.5 Å². The average Bonchev–Trinajstić information content (AvgIpc) is 0.742. The number of aromatic nitrogens is 3. The van der Waals surface area contributed by atoms with Crippen LogP contribution in [0.1, 0.15) is 0 Å². The Kier molecular flexibility index (Phi) is 11.1. The zero-order chi connectivity index (χ0) is 59.0. The van der Waals surface area contributed by atoms with Crippen LogP contribution >= 0.6 is 0 Å². The van der Waals surface area contributed by atoms with Gasteiger partial charge in [-0.2, -0.15) is 0 Å². The van der Waals surface area contributed by atoms with E-state index in [2.05, 4.69) is 340 Å². The fourth-order valence-electron chi connectivity index (χ4n) is 15.3. The molecule has 418 valence electrons. The first-order valence-corrected chi connectivity index (χ1v) is 31.0. The van der Waals surface area contributed by atoms with Gasteiger partial charge < -0.3 is 23.3 Å². The van der Waals surface area contributed by atoms with Crippen molar-refractivity contribution in [3.05, 3.63) is 322 Å². The van der Waals surface area contributed by atoms with Crippen LogP contribution in [0.2, 0.25) is 0 Å². The molecule has 0 aliphatic carbocycles. The molecule has 2 aliphatic heterocycles. The predicted molar refractivity (Wildman–Crippen MR) is 377 cm³/mol. The second-order valence-corrected chi connectivity index (χ2v) is 23.9. The molecule has 0 saturated heterocycles. The van der Waals surface area contributed by atoms with E-state index in [1.54, 1.807) is 0 Å². The van der Waals surface area contributed by atoms with Gasteiger partial charge in [0.15, 0.2) is 0 Å². The van der Waals surface area contributed by atoms with Crippen molar-refractivity contribution in [3.8, 4) is 73.1 Å². The summed E-state index contributed by atoms with van der Waals surface area (Å²) in [6.45, 7) is -0.228. The molecule has 6 heteroatoms. The first-order chi connectivity index (χ1) is 44.7. The monoisotopic (exact) mass is 1140 g/mol. The lowest BCUT2D eigenvalue weighted by atomic mass is 9.34. The molecule has 3 aromatic heterocycles. The second kappa shape index (κ2) is 19.8. The van der Waals surface area contributed by atoms with Crippen LogP contribution in [0, 0.1) is 0 Å². The highest BCUT2D eigenvalue weighted by Crippen LogP contribution is 2.53. The molecule has 5 heterocycles. The van der Waals surface area contributed by atoms with Crippen LogP contribution in [0.4, 0.5) is 17.1 Å². The van der Waals surface area contributed by atoms with E-state index in [-0.39, 0.29) is 6.71 Å². The molecule has 0 saturated carbocycles. The molecule has 0 fully saturated rings. The molecular weight excluding hydrogens is 1090 g/mol. The van der Waals surface area contributed by atoms with E-state index >= 15 is 0 Å². The molecule has 19 rings (SSSR count).